The van der Waals surface area contributed by atoms with Gasteiger partial charge in [0.15, 0.2) is 6.61 Å². The van der Waals surface area contributed by atoms with Crippen molar-refractivity contribution in [3.05, 3.63) is 71.3 Å². The Morgan fingerprint density at radius 1 is 0.935 bits per heavy atom. The molecule has 9 heteroatoms. The Balaban J connectivity index is 1.52. The zero-order valence-corrected chi connectivity index (χ0v) is 16.7. The van der Waals surface area contributed by atoms with Crippen LogP contribution in [0, 0.1) is 0 Å². The molecular formula is C22H20N2O7. The van der Waals surface area contributed by atoms with Gasteiger partial charge in [-0.3, -0.25) is 24.1 Å². The average molecular weight is 424 g/mol. The summed E-state index contributed by atoms with van der Waals surface area (Å²) in [6.07, 6.45) is 0.197. The molecule has 0 radical (unpaired) electrons. The SMILES string of the molecule is COC(=O)C(Cc1ccccc1)NC(=O)COC(=O)CN1C(=O)c2ccccc2C1=O. The van der Waals surface area contributed by atoms with Crippen molar-refractivity contribution >= 4 is 29.7 Å². The smallest absolute Gasteiger partial charge is 0.328 e. The number of amides is 3. The third kappa shape index (κ3) is 5.13. The molecule has 160 valence electrons. The van der Waals surface area contributed by atoms with Gasteiger partial charge in [0, 0.05) is 6.42 Å². The Morgan fingerprint density at radius 2 is 1.52 bits per heavy atom. The molecule has 9 nitrogen and oxygen atoms in total. The molecule has 2 aromatic rings. The standard InChI is InChI=1S/C22H20N2O7/c1-30-22(29)17(11-14-7-3-2-4-8-14)23-18(25)13-31-19(26)12-24-20(27)15-9-5-6-10-16(15)21(24)28/h2-10,17H,11-13H2,1H3,(H,23,25). The minimum absolute atomic E-state index is 0.197. The van der Waals surface area contributed by atoms with Gasteiger partial charge in [0.1, 0.15) is 12.6 Å². The minimum atomic E-state index is -0.963. The van der Waals surface area contributed by atoms with Crippen molar-refractivity contribution in [2.75, 3.05) is 20.3 Å². The van der Waals surface area contributed by atoms with Gasteiger partial charge in [0.25, 0.3) is 17.7 Å². The molecule has 1 atom stereocenters. The van der Waals surface area contributed by atoms with E-state index in [4.69, 9.17) is 9.47 Å². The predicted octanol–water partition coefficient (Wildman–Crippen LogP) is 0.726. The van der Waals surface area contributed by atoms with E-state index >= 15 is 0 Å². The molecule has 3 amide bonds. The number of carbonyl (C=O) groups excluding carboxylic acids is 5. The maximum Gasteiger partial charge on any atom is 0.328 e. The fraction of sp³-hybridized carbons (Fsp3) is 0.227. The summed E-state index contributed by atoms with van der Waals surface area (Å²) in [5.41, 5.74) is 1.22. The Kier molecular flexibility index (Phi) is 6.76. The molecule has 0 saturated heterocycles. The van der Waals surface area contributed by atoms with Gasteiger partial charge >= 0.3 is 11.9 Å². The number of methoxy groups -OCH3 is 1. The summed E-state index contributed by atoms with van der Waals surface area (Å²) in [5, 5.41) is 2.46. The van der Waals surface area contributed by atoms with E-state index in [1.807, 2.05) is 6.07 Å². The van der Waals surface area contributed by atoms with E-state index in [0.29, 0.717) is 0 Å². The molecule has 3 rings (SSSR count). The first-order chi connectivity index (χ1) is 14.9. The Morgan fingerprint density at radius 3 is 2.10 bits per heavy atom. The Labute approximate surface area is 177 Å². The van der Waals surface area contributed by atoms with Crippen LogP contribution in [0.15, 0.2) is 54.6 Å². The molecule has 0 fully saturated rings. The van der Waals surface area contributed by atoms with E-state index in [1.54, 1.807) is 36.4 Å². The second-order valence-corrected chi connectivity index (χ2v) is 6.74. The summed E-state index contributed by atoms with van der Waals surface area (Å²) in [7, 11) is 1.20. The number of hydrogen-bond acceptors (Lipinski definition) is 7. The number of nitrogens with zero attached hydrogens (tertiary/aromatic N) is 1. The molecule has 1 aliphatic rings. The monoisotopic (exact) mass is 424 g/mol. The maximum atomic E-state index is 12.3. The first-order valence-corrected chi connectivity index (χ1v) is 9.42. The van der Waals surface area contributed by atoms with Crippen molar-refractivity contribution in [1.29, 1.82) is 0 Å². The predicted molar refractivity (Wildman–Crippen MR) is 107 cm³/mol. The normalized spacial score (nSPS) is 13.4. The first-order valence-electron chi connectivity index (χ1n) is 9.42. The van der Waals surface area contributed by atoms with E-state index in [9.17, 15) is 24.0 Å². The minimum Gasteiger partial charge on any atom is -0.467 e. The van der Waals surface area contributed by atoms with E-state index in [2.05, 4.69) is 5.32 Å². The molecule has 1 aliphatic heterocycles. The summed E-state index contributed by atoms with van der Waals surface area (Å²) < 4.78 is 9.59. The Bertz CT molecular complexity index is 985. The second kappa shape index (κ2) is 9.66. The van der Waals surface area contributed by atoms with Gasteiger partial charge in [0.05, 0.1) is 18.2 Å². The fourth-order valence-electron chi connectivity index (χ4n) is 3.12. The van der Waals surface area contributed by atoms with Gasteiger partial charge in [0.2, 0.25) is 0 Å². The summed E-state index contributed by atoms with van der Waals surface area (Å²) in [5.74, 6) is -3.50. The summed E-state index contributed by atoms with van der Waals surface area (Å²) in [4.78, 5) is 61.5. The van der Waals surface area contributed by atoms with Crippen LogP contribution in [-0.2, 0) is 30.3 Å². The molecule has 0 aromatic heterocycles. The van der Waals surface area contributed by atoms with Crippen molar-refractivity contribution in [2.24, 2.45) is 0 Å². The molecule has 0 bridgehead atoms. The molecule has 0 saturated carbocycles. The molecule has 1 heterocycles. The highest BCUT2D eigenvalue weighted by molar-refractivity contribution is 6.22. The van der Waals surface area contributed by atoms with E-state index in [0.717, 1.165) is 10.5 Å². The average Bonchev–Trinajstić information content (AvgIpc) is 3.02. The summed E-state index contributed by atoms with van der Waals surface area (Å²) in [6, 6.07) is 14.3. The number of benzene rings is 2. The largest absolute Gasteiger partial charge is 0.467 e. The number of nitrogens with one attached hydrogen (secondary N) is 1. The lowest BCUT2D eigenvalue weighted by atomic mass is 10.1. The molecule has 0 spiro atoms. The van der Waals surface area contributed by atoms with E-state index in [1.165, 1.54) is 19.2 Å². The lowest BCUT2D eigenvalue weighted by Gasteiger charge is -2.17. The van der Waals surface area contributed by atoms with Crippen LogP contribution in [-0.4, -0.2) is 60.9 Å². The molecule has 2 aromatic carbocycles. The van der Waals surface area contributed by atoms with Gasteiger partial charge in [-0.05, 0) is 17.7 Å². The van der Waals surface area contributed by atoms with Crippen LogP contribution in [0.25, 0.3) is 0 Å². The summed E-state index contributed by atoms with van der Waals surface area (Å²) >= 11 is 0. The number of ether oxygens (including phenoxy) is 2. The van der Waals surface area contributed by atoms with Gasteiger partial charge in [-0.25, -0.2) is 4.79 Å². The number of imide groups is 1. The third-order valence-corrected chi connectivity index (χ3v) is 4.63. The van der Waals surface area contributed by atoms with E-state index < -0.39 is 48.9 Å². The molecule has 0 aliphatic carbocycles. The van der Waals surface area contributed by atoms with E-state index in [-0.39, 0.29) is 17.5 Å². The number of carbonyl (C=O) groups is 5. The van der Waals surface area contributed by atoms with Crippen LogP contribution < -0.4 is 5.32 Å². The highest BCUT2D eigenvalue weighted by Crippen LogP contribution is 2.22. The molecule has 1 N–H and O–H groups in total. The fourth-order valence-corrected chi connectivity index (χ4v) is 3.12. The van der Waals surface area contributed by atoms with Crippen molar-refractivity contribution in [3.8, 4) is 0 Å². The quantitative estimate of drug-likeness (QED) is 0.490. The zero-order chi connectivity index (χ0) is 22.4. The third-order valence-electron chi connectivity index (χ3n) is 4.63. The van der Waals surface area contributed by atoms with Crippen LogP contribution in [0.2, 0.25) is 0 Å². The molecular weight excluding hydrogens is 404 g/mol. The van der Waals surface area contributed by atoms with Crippen molar-refractivity contribution in [2.45, 2.75) is 12.5 Å². The number of rotatable bonds is 8. The van der Waals surface area contributed by atoms with Gasteiger partial charge < -0.3 is 14.8 Å². The van der Waals surface area contributed by atoms with Crippen molar-refractivity contribution in [1.82, 2.24) is 10.2 Å². The highest BCUT2D eigenvalue weighted by Gasteiger charge is 2.36. The summed E-state index contributed by atoms with van der Waals surface area (Å²) in [6.45, 7) is -1.30. The van der Waals surface area contributed by atoms with Gasteiger partial charge in [-0.2, -0.15) is 0 Å². The van der Waals surface area contributed by atoms with Crippen LogP contribution in [0.4, 0.5) is 0 Å². The number of esters is 2. The molecule has 1 unspecified atom stereocenters. The van der Waals surface area contributed by atoms with Crippen molar-refractivity contribution in [3.63, 3.8) is 0 Å². The Hall–Kier alpha value is -4.01. The molecule has 31 heavy (non-hydrogen) atoms. The van der Waals surface area contributed by atoms with Crippen LogP contribution in [0.1, 0.15) is 26.3 Å². The second-order valence-electron chi connectivity index (χ2n) is 6.74. The van der Waals surface area contributed by atoms with Crippen LogP contribution in [0.5, 0.6) is 0 Å². The zero-order valence-electron chi connectivity index (χ0n) is 16.7. The number of fused-ring (bicyclic) bond motifs is 1. The highest BCUT2D eigenvalue weighted by atomic mass is 16.5. The van der Waals surface area contributed by atoms with Gasteiger partial charge in [-0.15, -0.1) is 0 Å². The van der Waals surface area contributed by atoms with Crippen molar-refractivity contribution < 1.29 is 33.4 Å². The maximum absolute atomic E-state index is 12.3. The topological polar surface area (TPSA) is 119 Å². The number of hydrogen-bond donors (Lipinski definition) is 1. The van der Waals surface area contributed by atoms with Gasteiger partial charge in [-0.1, -0.05) is 42.5 Å². The lowest BCUT2D eigenvalue weighted by Crippen LogP contribution is -2.45. The first kappa shape index (κ1) is 21.7. The van der Waals surface area contributed by atoms with Crippen LogP contribution in [0.3, 0.4) is 0 Å². The lowest BCUT2D eigenvalue weighted by molar-refractivity contribution is -0.150. The van der Waals surface area contributed by atoms with Crippen LogP contribution >= 0.6 is 0 Å².